The number of thioether (sulfide) groups is 2. The predicted octanol–water partition coefficient (Wildman–Crippen LogP) is 4.07. The van der Waals surface area contributed by atoms with Crippen molar-refractivity contribution >= 4 is 46.2 Å². The molecule has 0 spiro atoms. The first-order valence-corrected chi connectivity index (χ1v) is 9.62. The molecule has 8 heteroatoms. The molecular formula is C12H10N4S4. The van der Waals surface area contributed by atoms with Crippen molar-refractivity contribution in [3.8, 4) is 10.7 Å². The highest BCUT2D eigenvalue weighted by atomic mass is 32.2. The van der Waals surface area contributed by atoms with Crippen molar-refractivity contribution in [1.82, 2.24) is 20.2 Å². The van der Waals surface area contributed by atoms with Crippen molar-refractivity contribution in [3.63, 3.8) is 0 Å². The zero-order chi connectivity index (χ0) is 13.8. The van der Waals surface area contributed by atoms with Gasteiger partial charge in [-0.3, -0.25) is 4.98 Å². The van der Waals surface area contributed by atoms with Crippen molar-refractivity contribution in [3.05, 3.63) is 35.5 Å². The van der Waals surface area contributed by atoms with Crippen LogP contribution in [0.15, 0.2) is 38.5 Å². The summed E-state index contributed by atoms with van der Waals surface area (Å²) in [5, 5.41) is 11.3. The van der Waals surface area contributed by atoms with Gasteiger partial charge in [0.05, 0.1) is 11.4 Å². The highest BCUT2D eigenvalue weighted by molar-refractivity contribution is 8.02. The number of aromatic nitrogens is 4. The number of pyridine rings is 1. The SMILES string of the molecule is CSc1nnc(SCc2csc(-c3ccccn3)n2)s1. The maximum absolute atomic E-state index is 4.61. The Kier molecular flexibility index (Phi) is 4.66. The fourth-order valence-electron chi connectivity index (χ4n) is 1.45. The van der Waals surface area contributed by atoms with Crippen molar-refractivity contribution in [2.75, 3.05) is 6.26 Å². The first-order chi connectivity index (χ1) is 9.85. The second-order valence-electron chi connectivity index (χ2n) is 3.69. The molecule has 0 saturated carbocycles. The third kappa shape index (κ3) is 3.38. The standard InChI is InChI=1S/C12H10N4S4/c1-17-11-15-16-12(20-11)19-7-8-6-18-10(14-8)9-4-2-3-5-13-9/h2-6H,7H2,1H3. The van der Waals surface area contributed by atoms with Crippen LogP contribution in [0.5, 0.6) is 0 Å². The average molecular weight is 339 g/mol. The van der Waals surface area contributed by atoms with Gasteiger partial charge >= 0.3 is 0 Å². The molecule has 0 atom stereocenters. The summed E-state index contributed by atoms with van der Waals surface area (Å²) >= 11 is 6.54. The Labute approximate surface area is 133 Å². The van der Waals surface area contributed by atoms with Crippen LogP contribution in [0.4, 0.5) is 0 Å². The quantitative estimate of drug-likeness (QED) is 0.654. The van der Waals surface area contributed by atoms with E-state index in [1.54, 1.807) is 52.4 Å². The first-order valence-electron chi connectivity index (χ1n) is 5.71. The normalized spacial score (nSPS) is 10.8. The zero-order valence-corrected chi connectivity index (χ0v) is 13.8. The topological polar surface area (TPSA) is 51.6 Å². The highest BCUT2D eigenvalue weighted by Crippen LogP contribution is 2.30. The summed E-state index contributed by atoms with van der Waals surface area (Å²) in [6, 6.07) is 5.86. The van der Waals surface area contributed by atoms with Crippen LogP contribution in [-0.4, -0.2) is 26.4 Å². The summed E-state index contributed by atoms with van der Waals surface area (Å²) in [6.07, 6.45) is 3.80. The summed E-state index contributed by atoms with van der Waals surface area (Å²) in [4.78, 5) is 8.92. The van der Waals surface area contributed by atoms with Gasteiger partial charge < -0.3 is 0 Å². The molecule has 0 unspecified atom stereocenters. The fraction of sp³-hybridized carbons (Fsp3) is 0.167. The molecule has 3 heterocycles. The van der Waals surface area contributed by atoms with Gasteiger partial charge in [0, 0.05) is 17.3 Å². The van der Waals surface area contributed by atoms with Gasteiger partial charge in [-0.25, -0.2) is 4.98 Å². The van der Waals surface area contributed by atoms with Crippen LogP contribution >= 0.6 is 46.2 Å². The van der Waals surface area contributed by atoms with E-state index in [0.29, 0.717) is 0 Å². The number of rotatable bonds is 5. The molecule has 20 heavy (non-hydrogen) atoms. The molecule has 0 aromatic carbocycles. The van der Waals surface area contributed by atoms with Crippen molar-refractivity contribution in [1.29, 1.82) is 0 Å². The van der Waals surface area contributed by atoms with E-state index in [-0.39, 0.29) is 0 Å². The van der Waals surface area contributed by atoms with E-state index >= 15 is 0 Å². The van der Waals surface area contributed by atoms with E-state index in [1.807, 2.05) is 24.5 Å². The van der Waals surface area contributed by atoms with E-state index in [2.05, 4.69) is 25.5 Å². The molecule has 102 valence electrons. The highest BCUT2D eigenvalue weighted by Gasteiger charge is 2.08. The fourth-order valence-corrected chi connectivity index (χ4v) is 4.69. The molecule has 3 aromatic heterocycles. The summed E-state index contributed by atoms with van der Waals surface area (Å²) in [5.74, 6) is 0.812. The Morgan fingerprint density at radius 2 is 2.10 bits per heavy atom. The van der Waals surface area contributed by atoms with E-state index < -0.39 is 0 Å². The predicted molar refractivity (Wildman–Crippen MR) is 86.6 cm³/mol. The van der Waals surface area contributed by atoms with E-state index in [4.69, 9.17) is 0 Å². The van der Waals surface area contributed by atoms with Crippen LogP contribution in [0.1, 0.15) is 5.69 Å². The molecule has 0 aliphatic carbocycles. The Hall–Kier alpha value is -0.960. The molecule has 0 radical (unpaired) electrons. The summed E-state index contributed by atoms with van der Waals surface area (Å²) in [7, 11) is 0. The minimum absolute atomic E-state index is 0.812. The molecular weight excluding hydrogens is 328 g/mol. The third-order valence-electron chi connectivity index (χ3n) is 2.34. The molecule has 0 N–H and O–H groups in total. The first kappa shape index (κ1) is 14.0. The van der Waals surface area contributed by atoms with Crippen molar-refractivity contribution < 1.29 is 0 Å². The van der Waals surface area contributed by atoms with Gasteiger partial charge in [0.1, 0.15) is 5.01 Å². The lowest BCUT2D eigenvalue weighted by molar-refractivity contribution is 0.955. The molecule has 4 nitrogen and oxygen atoms in total. The van der Waals surface area contributed by atoms with E-state index in [0.717, 1.165) is 30.8 Å². The summed E-state index contributed by atoms with van der Waals surface area (Å²) in [5.41, 5.74) is 1.98. The monoisotopic (exact) mass is 338 g/mol. The average Bonchev–Trinajstić information content (AvgIpc) is 3.15. The van der Waals surface area contributed by atoms with Gasteiger partial charge in [0.25, 0.3) is 0 Å². The molecule has 3 rings (SSSR count). The lowest BCUT2D eigenvalue weighted by Crippen LogP contribution is -1.83. The molecule has 0 aliphatic rings. The minimum atomic E-state index is 0.812. The smallest absolute Gasteiger partial charge is 0.175 e. The van der Waals surface area contributed by atoms with E-state index in [9.17, 15) is 0 Å². The lowest BCUT2D eigenvalue weighted by atomic mass is 10.4. The van der Waals surface area contributed by atoms with Crippen LogP contribution in [-0.2, 0) is 5.75 Å². The molecule has 0 aliphatic heterocycles. The number of hydrogen-bond acceptors (Lipinski definition) is 8. The Bertz CT molecular complexity index is 680. The number of thiazole rings is 1. The maximum atomic E-state index is 4.61. The van der Waals surface area contributed by atoms with Crippen LogP contribution in [0.3, 0.4) is 0 Å². The van der Waals surface area contributed by atoms with Gasteiger partial charge in [0.2, 0.25) is 0 Å². The summed E-state index contributed by atoms with van der Waals surface area (Å²) in [6.45, 7) is 0. The van der Waals surface area contributed by atoms with Crippen LogP contribution in [0.2, 0.25) is 0 Å². The van der Waals surface area contributed by atoms with Gasteiger partial charge in [0.15, 0.2) is 8.68 Å². The lowest BCUT2D eigenvalue weighted by Gasteiger charge is -1.94. The van der Waals surface area contributed by atoms with E-state index in [1.165, 1.54) is 0 Å². The molecule has 0 fully saturated rings. The van der Waals surface area contributed by atoms with Crippen molar-refractivity contribution in [2.45, 2.75) is 14.4 Å². The van der Waals surface area contributed by atoms with Gasteiger partial charge in [-0.1, -0.05) is 40.9 Å². The second kappa shape index (κ2) is 6.66. The molecule has 3 aromatic rings. The van der Waals surface area contributed by atoms with Crippen LogP contribution in [0, 0.1) is 0 Å². The minimum Gasteiger partial charge on any atom is -0.254 e. The van der Waals surface area contributed by atoms with Crippen LogP contribution in [0.25, 0.3) is 10.7 Å². The summed E-state index contributed by atoms with van der Waals surface area (Å²) < 4.78 is 1.99. The number of nitrogens with zero attached hydrogens (tertiary/aromatic N) is 4. The van der Waals surface area contributed by atoms with Gasteiger partial charge in [-0.2, -0.15) is 0 Å². The Balaban J connectivity index is 1.65. The Morgan fingerprint density at radius 3 is 2.85 bits per heavy atom. The molecule has 0 saturated heterocycles. The zero-order valence-electron chi connectivity index (χ0n) is 10.5. The third-order valence-corrected chi connectivity index (χ3v) is 6.32. The van der Waals surface area contributed by atoms with Crippen molar-refractivity contribution in [2.24, 2.45) is 0 Å². The maximum Gasteiger partial charge on any atom is 0.175 e. The Morgan fingerprint density at radius 1 is 1.20 bits per heavy atom. The molecule has 0 amide bonds. The molecule has 0 bridgehead atoms. The largest absolute Gasteiger partial charge is 0.254 e. The second-order valence-corrected chi connectivity index (χ2v) is 7.80. The van der Waals surface area contributed by atoms with Crippen LogP contribution < -0.4 is 0 Å². The van der Waals surface area contributed by atoms with Gasteiger partial charge in [-0.15, -0.1) is 21.5 Å². The van der Waals surface area contributed by atoms with Gasteiger partial charge in [-0.05, 0) is 18.4 Å². The number of hydrogen-bond donors (Lipinski definition) is 0.